The van der Waals surface area contributed by atoms with Crippen LogP contribution in [0.2, 0.25) is 0 Å². The second kappa shape index (κ2) is 10.1. The number of methoxy groups -OCH3 is 1. The molecule has 0 aliphatic carbocycles. The fourth-order valence-electron chi connectivity index (χ4n) is 2.71. The van der Waals surface area contributed by atoms with E-state index in [1.54, 1.807) is 18.3 Å². The summed E-state index contributed by atoms with van der Waals surface area (Å²) in [6, 6.07) is 6.63. The number of nitrogens with zero attached hydrogens (tertiary/aromatic N) is 3. The summed E-state index contributed by atoms with van der Waals surface area (Å²) in [7, 11) is 1.32. The van der Waals surface area contributed by atoms with Gasteiger partial charge in [0.2, 0.25) is 0 Å². The van der Waals surface area contributed by atoms with Crippen molar-refractivity contribution in [3.05, 3.63) is 59.4 Å². The number of hydrogen-bond donors (Lipinski definition) is 3. The molecule has 156 valence electrons. The van der Waals surface area contributed by atoms with Crippen LogP contribution in [-0.4, -0.2) is 41.7 Å². The van der Waals surface area contributed by atoms with E-state index in [2.05, 4.69) is 14.8 Å². The molecule has 0 radical (unpaired) electrons. The van der Waals surface area contributed by atoms with E-state index in [1.165, 1.54) is 24.9 Å². The van der Waals surface area contributed by atoms with Crippen LogP contribution in [0.4, 0.5) is 8.78 Å². The van der Waals surface area contributed by atoms with Gasteiger partial charge in [0.05, 0.1) is 24.9 Å². The minimum Gasteiger partial charge on any atom is -0.468 e. The highest BCUT2D eigenvalue weighted by Gasteiger charge is 2.33. The number of carbonyl (C=O) groups is 1. The number of aromatic nitrogens is 1. The minimum absolute atomic E-state index is 0.0588. The van der Waals surface area contributed by atoms with Crippen molar-refractivity contribution in [2.45, 2.75) is 16.9 Å². The van der Waals surface area contributed by atoms with Gasteiger partial charge in [0.15, 0.2) is 0 Å². The molecule has 0 aliphatic rings. The van der Waals surface area contributed by atoms with Crippen molar-refractivity contribution in [2.24, 2.45) is 22.5 Å². The molecule has 0 bridgehead atoms. The molecule has 0 aliphatic heterocycles. The van der Waals surface area contributed by atoms with E-state index in [4.69, 9.17) is 17.4 Å². The van der Waals surface area contributed by atoms with E-state index in [9.17, 15) is 13.6 Å². The zero-order valence-electron chi connectivity index (χ0n) is 15.7. The van der Waals surface area contributed by atoms with Crippen molar-refractivity contribution in [1.82, 2.24) is 9.99 Å². The Hall–Kier alpha value is -2.76. The second-order valence-corrected chi connectivity index (χ2v) is 7.29. The molecule has 0 spiro atoms. The number of halogens is 2. The van der Waals surface area contributed by atoms with E-state index < -0.39 is 17.2 Å². The summed E-state index contributed by atoms with van der Waals surface area (Å²) >= 11 is 1.27. The first-order valence-electron chi connectivity index (χ1n) is 8.41. The number of hydrazone groups is 1. The monoisotopic (exact) mass is 424 g/mol. The van der Waals surface area contributed by atoms with Gasteiger partial charge in [0.1, 0.15) is 18.0 Å². The smallest absolute Gasteiger partial charge is 0.315 e. The first-order valence-corrected chi connectivity index (χ1v) is 9.39. The van der Waals surface area contributed by atoms with Crippen molar-refractivity contribution < 1.29 is 18.3 Å². The third-order valence-electron chi connectivity index (χ3n) is 4.03. The number of hydrazine groups is 1. The molecule has 0 amide bonds. The van der Waals surface area contributed by atoms with E-state index >= 15 is 0 Å². The van der Waals surface area contributed by atoms with Crippen LogP contribution in [0.15, 0.2) is 46.5 Å². The molecule has 8 nitrogen and oxygen atoms in total. The summed E-state index contributed by atoms with van der Waals surface area (Å²) in [4.78, 5) is 16.3. The molecule has 1 aromatic heterocycles. The van der Waals surface area contributed by atoms with Gasteiger partial charge in [-0.15, -0.1) is 11.8 Å². The summed E-state index contributed by atoms with van der Waals surface area (Å²) in [5, 5.41) is 4.44. The summed E-state index contributed by atoms with van der Waals surface area (Å²) < 4.78 is 32.4. The molecule has 0 saturated heterocycles. The maximum absolute atomic E-state index is 14.5. The summed E-state index contributed by atoms with van der Waals surface area (Å²) in [6.45, 7) is -0.0588. The molecule has 2 aromatic rings. The van der Waals surface area contributed by atoms with Crippen molar-refractivity contribution >= 4 is 24.1 Å². The Bertz CT molecular complexity index is 868. The predicted molar refractivity (Wildman–Crippen MR) is 106 cm³/mol. The van der Waals surface area contributed by atoms with Crippen LogP contribution in [-0.2, 0) is 21.5 Å². The van der Waals surface area contributed by atoms with Gasteiger partial charge in [0.25, 0.3) is 0 Å². The first-order chi connectivity index (χ1) is 13.8. The van der Waals surface area contributed by atoms with Crippen LogP contribution >= 0.6 is 11.8 Å². The molecule has 0 fully saturated rings. The number of nitrogens with two attached hydrogens (primary N) is 3. The summed E-state index contributed by atoms with van der Waals surface area (Å²) in [5.74, 6) is 9.20. The van der Waals surface area contributed by atoms with Gasteiger partial charge >= 0.3 is 5.97 Å². The van der Waals surface area contributed by atoms with Crippen molar-refractivity contribution in [3.8, 4) is 0 Å². The lowest BCUT2D eigenvalue weighted by atomic mass is 9.85. The zero-order chi connectivity index (χ0) is 21.4. The molecule has 1 unspecified atom stereocenters. The standard InChI is InChI=1S/C18H22F2N6O2S/c1-28-17(27)9-29-14-4-3-13(24-8-14)7-18(21,10-26(23)11-25-22)15-5-2-12(19)6-16(15)20/h2-6,8,11H,7,9-10,21-23H2,1H3/b25-11-. The lowest BCUT2D eigenvalue weighted by molar-refractivity contribution is -0.137. The average molecular weight is 424 g/mol. The SMILES string of the molecule is COC(=O)CSc1ccc(CC(N)(CN(N)/C=N\N)c2ccc(F)cc2F)nc1. The van der Waals surface area contributed by atoms with Crippen LogP contribution in [0.25, 0.3) is 0 Å². The number of pyridine rings is 1. The Kier molecular flexibility index (Phi) is 7.88. The highest BCUT2D eigenvalue weighted by atomic mass is 32.2. The van der Waals surface area contributed by atoms with Crippen LogP contribution < -0.4 is 17.4 Å². The van der Waals surface area contributed by atoms with Crippen molar-refractivity contribution in [2.75, 3.05) is 19.4 Å². The first kappa shape index (κ1) is 22.5. The number of ether oxygens (including phenoxy) is 1. The Morgan fingerprint density at radius 2 is 2.14 bits per heavy atom. The van der Waals surface area contributed by atoms with Crippen LogP contribution in [0.3, 0.4) is 0 Å². The fraction of sp³-hybridized carbons (Fsp3) is 0.278. The lowest BCUT2D eigenvalue weighted by Crippen LogP contribution is -2.51. The summed E-state index contributed by atoms with van der Waals surface area (Å²) in [5.41, 5.74) is 5.78. The van der Waals surface area contributed by atoms with E-state index in [0.717, 1.165) is 28.4 Å². The third kappa shape index (κ3) is 6.38. The zero-order valence-corrected chi connectivity index (χ0v) is 16.5. The van der Waals surface area contributed by atoms with Gasteiger partial charge in [-0.1, -0.05) is 6.07 Å². The van der Waals surface area contributed by atoms with Gasteiger partial charge in [-0.3, -0.25) is 14.8 Å². The van der Waals surface area contributed by atoms with Crippen molar-refractivity contribution in [1.29, 1.82) is 0 Å². The number of hydrogen-bond acceptors (Lipinski definition) is 8. The molecule has 29 heavy (non-hydrogen) atoms. The normalized spacial score (nSPS) is 13.3. The Morgan fingerprint density at radius 1 is 1.38 bits per heavy atom. The largest absolute Gasteiger partial charge is 0.468 e. The van der Waals surface area contributed by atoms with Crippen molar-refractivity contribution in [3.63, 3.8) is 0 Å². The van der Waals surface area contributed by atoms with E-state index in [1.807, 2.05) is 0 Å². The molecule has 11 heteroatoms. The highest BCUT2D eigenvalue weighted by molar-refractivity contribution is 8.00. The fourth-order valence-corrected chi connectivity index (χ4v) is 3.40. The van der Waals surface area contributed by atoms with Crippen LogP contribution in [0.1, 0.15) is 11.3 Å². The topological polar surface area (TPSA) is 133 Å². The summed E-state index contributed by atoms with van der Waals surface area (Å²) in [6.07, 6.45) is 2.82. The molecule has 0 saturated carbocycles. The maximum Gasteiger partial charge on any atom is 0.315 e. The third-order valence-corrected chi connectivity index (χ3v) is 4.98. The number of thioether (sulfide) groups is 1. The average Bonchev–Trinajstić information content (AvgIpc) is 2.67. The van der Waals surface area contributed by atoms with Gasteiger partial charge in [0, 0.05) is 34.8 Å². The van der Waals surface area contributed by atoms with Gasteiger partial charge in [-0.05, 0) is 18.2 Å². The molecule has 1 heterocycles. The molecule has 6 N–H and O–H groups in total. The predicted octanol–water partition coefficient (Wildman–Crippen LogP) is 1.10. The molecule has 1 atom stereocenters. The lowest BCUT2D eigenvalue weighted by Gasteiger charge is -2.33. The number of carbonyl (C=O) groups excluding carboxylic acids is 1. The second-order valence-electron chi connectivity index (χ2n) is 6.24. The quantitative estimate of drug-likeness (QED) is 0.136. The van der Waals surface area contributed by atoms with Gasteiger partial charge < -0.3 is 16.3 Å². The highest BCUT2D eigenvalue weighted by Crippen LogP contribution is 2.27. The van der Waals surface area contributed by atoms with Crippen LogP contribution in [0, 0.1) is 11.6 Å². The Balaban J connectivity index is 2.26. The van der Waals surface area contributed by atoms with Gasteiger partial charge in [-0.25, -0.2) is 14.6 Å². The van der Waals surface area contributed by atoms with Crippen LogP contribution in [0.5, 0.6) is 0 Å². The maximum atomic E-state index is 14.5. The molecular weight excluding hydrogens is 402 g/mol. The van der Waals surface area contributed by atoms with E-state index in [0.29, 0.717) is 5.69 Å². The molecular formula is C18H22F2N6O2S. The number of benzene rings is 1. The molecule has 2 rings (SSSR count). The van der Waals surface area contributed by atoms with E-state index in [-0.39, 0.29) is 30.3 Å². The minimum atomic E-state index is -1.35. The Morgan fingerprint density at radius 3 is 2.72 bits per heavy atom. The number of rotatable bonds is 9. The molecule has 1 aromatic carbocycles. The number of esters is 1. The van der Waals surface area contributed by atoms with Gasteiger partial charge in [-0.2, -0.15) is 5.10 Å². The Labute approximate surface area is 171 Å².